The summed E-state index contributed by atoms with van der Waals surface area (Å²) in [4.78, 5) is 13.8. The van der Waals surface area contributed by atoms with Crippen LogP contribution in [0.5, 0.6) is 0 Å². The molecule has 0 atom stereocenters. The van der Waals surface area contributed by atoms with E-state index in [4.69, 9.17) is 0 Å². The molecule has 1 fully saturated rings. The smallest absolute Gasteiger partial charge is 0.157 e. The van der Waals surface area contributed by atoms with E-state index in [1.807, 2.05) is 13.0 Å². The van der Waals surface area contributed by atoms with E-state index < -0.39 is 8.07 Å². The molecule has 1 aliphatic heterocycles. The number of carbonyl (C=O) groups excluding carboxylic acids is 1. The van der Waals surface area contributed by atoms with Crippen LogP contribution in [0.4, 0.5) is 0 Å². The Morgan fingerprint density at radius 2 is 2.13 bits per heavy atom. The molecule has 0 aromatic heterocycles. The molecule has 3 heteroatoms. The zero-order valence-electron chi connectivity index (χ0n) is 10.5. The van der Waals surface area contributed by atoms with Gasteiger partial charge >= 0.3 is 0 Å². The molecule has 15 heavy (non-hydrogen) atoms. The molecular formula is C12H23NOSi. The summed E-state index contributed by atoms with van der Waals surface area (Å²) in [7, 11) is -1.05. The number of likely N-dealkylation sites (tertiary alicyclic amines) is 1. The van der Waals surface area contributed by atoms with Crippen LogP contribution in [0.25, 0.3) is 0 Å². The molecule has 0 radical (unpaired) electrons. The number of ketones is 1. The van der Waals surface area contributed by atoms with Crippen LogP contribution in [0.1, 0.15) is 26.2 Å². The Hall–Kier alpha value is -0.573. The largest absolute Gasteiger partial charge is 0.378 e. The lowest BCUT2D eigenvalue weighted by atomic mass is 10.2. The van der Waals surface area contributed by atoms with Gasteiger partial charge < -0.3 is 4.90 Å². The van der Waals surface area contributed by atoms with E-state index in [2.05, 4.69) is 24.5 Å². The number of carbonyl (C=O) groups is 1. The molecule has 0 aromatic carbocycles. The molecule has 0 aliphatic carbocycles. The van der Waals surface area contributed by atoms with Crippen molar-refractivity contribution in [2.75, 3.05) is 12.7 Å². The van der Waals surface area contributed by atoms with Crippen LogP contribution < -0.4 is 0 Å². The van der Waals surface area contributed by atoms with Crippen molar-refractivity contribution in [1.29, 1.82) is 0 Å². The molecule has 0 bridgehead atoms. The molecule has 0 spiro atoms. The number of allylic oxidation sites excluding steroid dienone is 2. The lowest BCUT2D eigenvalue weighted by Gasteiger charge is -2.27. The Morgan fingerprint density at radius 1 is 1.47 bits per heavy atom. The van der Waals surface area contributed by atoms with E-state index in [9.17, 15) is 4.79 Å². The van der Waals surface area contributed by atoms with Crippen LogP contribution >= 0.6 is 0 Å². The third kappa shape index (κ3) is 4.20. The zero-order chi connectivity index (χ0) is 11.5. The third-order valence-corrected chi connectivity index (χ3v) is 3.94. The number of hydrogen-bond acceptors (Lipinski definition) is 2. The lowest BCUT2D eigenvalue weighted by Crippen LogP contribution is -2.38. The van der Waals surface area contributed by atoms with Gasteiger partial charge in [0.2, 0.25) is 0 Å². The second-order valence-electron chi connectivity index (χ2n) is 5.54. The van der Waals surface area contributed by atoms with E-state index in [1.165, 1.54) is 18.3 Å². The summed E-state index contributed by atoms with van der Waals surface area (Å²) in [5.74, 6) is 0.271. The summed E-state index contributed by atoms with van der Waals surface area (Å²) in [5.41, 5.74) is 1.28. The molecule has 2 nitrogen and oxygen atoms in total. The predicted molar refractivity (Wildman–Crippen MR) is 67.5 cm³/mol. The standard InChI is InChI=1S/C12H23NOSi/c1-5-12(14)9-11-7-6-8-13(11)10-15(2,3)4/h9H,5-8,10H2,1-4H3. The highest BCUT2D eigenvalue weighted by Gasteiger charge is 2.23. The van der Waals surface area contributed by atoms with E-state index >= 15 is 0 Å². The molecule has 86 valence electrons. The second kappa shape index (κ2) is 4.97. The quantitative estimate of drug-likeness (QED) is 0.542. The highest BCUT2D eigenvalue weighted by molar-refractivity contribution is 6.76. The van der Waals surface area contributed by atoms with Crippen molar-refractivity contribution in [2.45, 2.75) is 45.8 Å². The monoisotopic (exact) mass is 225 g/mol. The van der Waals surface area contributed by atoms with Crippen molar-refractivity contribution >= 4 is 13.9 Å². The van der Waals surface area contributed by atoms with Gasteiger partial charge in [-0.15, -0.1) is 0 Å². The Labute approximate surface area is 94.4 Å². The van der Waals surface area contributed by atoms with Gasteiger partial charge in [-0.25, -0.2) is 0 Å². The lowest BCUT2D eigenvalue weighted by molar-refractivity contribution is -0.114. The molecule has 0 unspecified atom stereocenters. The Kier molecular flexibility index (Phi) is 4.14. The van der Waals surface area contributed by atoms with Crippen molar-refractivity contribution in [3.8, 4) is 0 Å². The first-order chi connectivity index (χ1) is 6.92. The predicted octanol–water partition coefficient (Wildman–Crippen LogP) is 2.82. The average molecular weight is 225 g/mol. The fraction of sp³-hybridized carbons (Fsp3) is 0.750. The minimum absolute atomic E-state index is 0.271. The summed E-state index contributed by atoms with van der Waals surface area (Å²) in [5, 5.41) is 0. The first-order valence-electron chi connectivity index (χ1n) is 5.91. The summed E-state index contributed by atoms with van der Waals surface area (Å²) >= 11 is 0. The molecule has 1 saturated heterocycles. The maximum atomic E-state index is 11.4. The molecule has 0 amide bonds. The fourth-order valence-corrected chi connectivity index (χ4v) is 3.46. The van der Waals surface area contributed by atoms with Crippen LogP contribution in [-0.4, -0.2) is 31.5 Å². The van der Waals surface area contributed by atoms with Crippen molar-refractivity contribution < 1.29 is 4.79 Å². The summed E-state index contributed by atoms with van der Waals surface area (Å²) in [6, 6.07) is 0. The molecule has 1 aliphatic rings. The molecular weight excluding hydrogens is 202 g/mol. The van der Waals surface area contributed by atoms with Gasteiger partial charge in [-0.1, -0.05) is 26.6 Å². The third-order valence-electron chi connectivity index (χ3n) is 2.61. The van der Waals surface area contributed by atoms with Gasteiger partial charge in [0.25, 0.3) is 0 Å². The van der Waals surface area contributed by atoms with Crippen molar-refractivity contribution in [3.63, 3.8) is 0 Å². The Balaban J connectivity index is 2.65. The Bertz CT molecular complexity index is 265. The molecule has 0 N–H and O–H groups in total. The number of nitrogens with zero attached hydrogens (tertiary/aromatic N) is 1. The van der Waals surface area contributed by atoms with Crippen LogP contribution in [0, 0.1) is 0 Å². The fourth-order valence-electron chi connectivity index (χ4n) is 1.96. The van der Waals surface area contributed by atoms with Crippen molar-refractivity contribution in [2.24, 2.45) is 0 Å². The van der Waals surface area contributed by atoms with Gasteiger partial charge in [-0.3, -0.25) is 4.79 Å². The topological polar surface area (TPSA) is 20.3 Å². The van der Waals surface area contributed by atoms with E-state index in [0.29, 0.717) is 6.42 Å². The maximum absolute atomic E-state index is 11.4. The molecule has 1 rings (SSSR count). The van der Waals surface area contributed by atoms with E-state index in [-0.39, 0.29) is 5.78 Å². The number of hydrogen-bond donors (Lipinski definition) is 0. The van der Waals surface area contributed by atoms with Gasteiger partial charge in [0.15, 0.2) is 5.78 Å². The molecule has 1 heterocycles. The Morgan fingerprint density at radius 3 is 2.67 bits per heavy atom. The zero-order valence-corrected chi connectivity index (χ0v) is 11.5. The maximum Gasteiger partial charge on any atom is 0.157 e. The van der Waals surface area contributed by atoms with Gasteiger partial charge in [0, 0.05) is 30.9 Å². The van der Waals surface area contributed by atoms with Crippen LogP contribution in [0.2, 0.25) is 19.6 Å². The van der Waals surface area contributed by atoms with Crippen molar-refractivity contribution in [3.05, 3.63) is 11.8 Å². The highest BCUT2D eigenvalue weighted by atomic mass is 28.3. The number of rotatable bonds is 4. The molecule has 0 saturated carbocycles. The van der Waals surface area contributed by atoms with Crippen LogP contribution in [0.15, 0.2) is 11.8 Å². The first kappa shape index (κ1) is 12.5. The highest BCUT2D eigenvalue weighted by Crippen LogP contribution is 2.22. The minimum Gasteiger partial charge on any atom is -0.378 e. The second-order valence-corrected chi connectivity index (χ2v) is 11.0. The van der Waals surface area contributed by atoms with Gasteiger partial charge in [0.05, 0.1) is 8.07 Å². The van der Waals surface area contributed by atoms with Gasteiger partial charge in [-0.05, 0) is 12.8 Å². The van der Waals surface area contributed by atoms with Gasteiger partial charge in [0.1, 0.15) is 0 Å². The van der Waals surface area contributed by atoms with Crippen LogP contribution in [-0.2, 0) is 4.79 Å². The first-order valence-corrected chi connectivity index (χ1v) is 9.61. The molecule has 0 aromatic rings. The summed E-state index contributed by atoms with van der Waals surface area (Å²) < 4.78 is 0. The average Bonchev–Trinajstić information content (AvgIpc) is 2.50. The summed E-state index contributed by atoms with van der Waals surface area (Å²) in [6.45, 7) is 10.2. The normalized spacial score (nSPS) is 20.0. The van der Waals surface area contributed by atoms with E-state index in [1.54, 1.807) is 0 Å². The summed E-state index contributed by atoms with van der Waals surface area (Å²) in [6.07, 6.45) is 6.00. The van der Waals surface area contributed by atoms with Crippen LogP contribution in [0.3, 0.4) is 0 Å². The van der Waals surface area contributed by atoms with Crippen molar-refractivity contribution in [1.82, 2.24) is 4.90 Å². The van der Waals surface area contributed by atoms with Gasteiger partial charge in [-0.2, -0.15) is 0 Å². The SMILES string of the molecule is CCC(=O)C=C1CCCN1C[Si](C)(C)C. The minimum atomic E-state index is -1.05. The van der Waals surface area contributed by atoms with E-state index in [0.717, 1.165) is 13.0 Å².